The fourth-order valence-corrected chi connectivity index (χ4v) is 4.10. The molecule has 0 bridgehead atoms. The van der Waals surface area contributed by atoms with Gasteiger partial charge in [0.15, 0.2) is 5.13 Å². The maximum Gasteiger partial charge on any atom is 0.223 e. The molecule has 27 heavy (non-hydrogen) atoms. The Morgan fingerprint density at radius 3 is 2.78 bits per heavy atom. The van der Waals surface area contributed by atoms with E-state index in [9.17, 15) is 9.59 Å². The van der Waals surface area contributed by atoms with Crippen LogP contribution in [0.1, 0.15) is 59.3 Å². The lowest BCUT2D eigenvalue weighted by atomic mass is 9.89. The van der Waals surface area contributed by atoms with Crippen molar-refractivity contribution in [1.82, 2.24) is 15.3 Å². The summed E-state index contributed by atoms with van der Waals surface area (Å²) in [6.45, 7) is 3.27. The number of hydrogen-bond acceptors (Lipinski definition) is 6. The summed E-state index contributed by atoms with van der Waals surface area (Å²) in [5.74, 6) is 0.352. The Kier molecular flexibility index (Phi) is 6.92. The van der Waals surface area contributed by atoms with Crippen molar-refractivity contribution in [1.29, 1.82) is 0 Å². The van der Waals surface area contributed by atoms with Crippen molar-refractivity contribution < 1.29 is 9.59 Å². The third-order valence-electron chi connectivity index (χ3n) is 4.92. The highest BCUT2D eigenvalue weighted by molar-refractivity contribution is 7.17. The fraction of sp³-hybridized carbons (Fsp3) is 0.500. The van der Waals surface area contributed by atoms with Crippen LogP contribution in [0.25, 0.3) is 0 Å². The highest BCUT2D eigenvalue weighted by atomic mass is 32.1. The number of thiazole rings is 1. The number of hydrogen-bond donors (Lipinski definition) is 2. The maximum absolute atomic E-state index is 12.5. The van der Waals surface area contributed by atoms with E-state index < -0.39 is 0 Å². The van der Waals surface area contributed by atoms with E-state index in [0.29, 0.717) is 23.5 Å². The predicted octanol–water partition coefficient (Wildman–Crippen LogP) is 3.58. The minimum Gasteiger partial charge on any atom is -0.361 e. The van der Waals surface area contributed by atoms with E-state index in [-0.39, 0.29) is 17.6 Å². The Labute approximate surface area is 163 Å². The Balaban J connectivity index is 1.40. The van der Waals surface area contributed by atoms with Crippen LogP contribution >= 0.6 is 11.3 Å². The molecule has 6 nitrogen and oxygen atoms in total. The SMILES string of the molecule is Cc1ccncc1C(=O)c1cnc(NCCCNC(=O)C2CCCCC2)s1. The van der Waals surface area contributed by atoms with Gasteiger partial charge in [-0.3, -0.25) is 14.6 Å². The molecule has 7 heteroatoms. The lowest BCUT2D eigenvalue weighted by Crippen LogP contribution is -2.33. The van der Waals surface area contributed by atoms with Gasteiger partial charge >= 0.3 is 0 Å². The fourth-order valence-electron chi connectivity index (χ4n) is 3.30. The van der Waals surface area contributed by atoms with Crippen LogP contribution in [0.15, 0.2) is 24.7 Å². The van der Waals surface area contributed by atoms with Crippen molar-refractivity contribution in [2.75, 3.05) is 18.4 Å². The zero-order valence-corrected chi connectivity index (χ0v) is 16.5. The van der Waals surface area contributed by atoms with E-state index in [1.165, 1.54) is 30.6 Å². The summed E-state index contributed by atoms with van der Waals surface area (Å²) >= 11 is 1.34. The molecule has 2 aromatic heterocycles. The van der Waals surface area contributed by atoms with E-state index in [1.807, 2.05) is 13.0 Å². The second-order valence-electron chi connectivity index (χ2n) is 6.96. The van der Waals surface area contributed by atoms with Gasteiger partial charge in [-0.15, -0.1) is 0 Å². The van der Waals surface area contributed by atoms with E-state index >= 15 is 0 Å². The number of carbonyl (C=O) groups is 2. The lowest BCUT2D eigenvalue weighted by molar-refractivity contribution is -0.125. The first kappa shape index (κ1) is 19.5. The van der Waals surface area contributed by atoms with Crippen LogP contribution in [0.2, 0.25) is 0 Å². The van der Waals surface area contributed by atoms with E-state index in [1.54, 1.807) is 18.6 Å². The molecular formula is C20H26N4O2S. The summed E-state index contributed by atoms with van der Waals surface area (Å²) in [6.07, 6.45) is 11.3. The number of aryl methyl sites for hydroxylation is 1. The van der Waals surface area contributed by atoms with Crippen LogP contribution in [0.5, 0.6) is 0 Å². The molecule has 1 amide bonds. The van der Waals surface area contributed by atoms with E-state index in [2.05, 4.69) is 20.6 Å². The standard InChI is InChI=1S/C20H26N4O2S/c1-14-8-11-21-12-16(14)18(25)17-13-24-20(27-17)23-10-5-9-22-19(26)15-6-3-2-4-7-15/h8,11-13,15H,2-7,9-10H2,1H3,(H,22,26)(H,23,24). The van der Waals surface area contributed by atoms with Gasteiger partial charge in [-0.1, -0.05) is 30.6 Å². The normalized spacial score (nSPS) is 14.7. The topological polar surface area (TPSA) is 84.0 Å². The van der Waals surface area contributed by atoms with Gasteiger partial charge in [0.25, 0.3) is 0 Å². The van der Waals surface area contributed by atoms with Crippen molar-refractivity contribution in [3.8, 4) is 0 Å². The van der Waals surface area contributed by atoms with Gasteiger partial charge in [0.05, 0.1) is 11.1 Å². The summed E-state index contributed by atoms with van der Waals surface area (Å²) < 4.78 is 0. The van der Waals surface area contributed by atoms with Crippen molar-refractivity contribution in [3.63, 3.8) is 0 Å². The van der Waals surface area contributed by atoms with Gasteiger partial charge in [0.1, 0.15) is 0 Å². The van der Waals surface area contributed by atoms with E-state index in [4.69, 9.17) is 0 Å². The van der Waals surface area contributed by atoms with Crippen LogP contribution in [0.3, 0.4) is 0 Å². The maximum atomic E-state index is 12.5. The van der Waals surface area contributed by atoms with Crippen LogP contribution < -0.4 is 10.6 Å². The van der Waals surface area contributed by atoms with Gasteiger partial charge < -0.3 is 10.6 Å². The number of nitrogens with zero attached hydrogens (tertiary/aromatic N) is 2. The number of aromatic nitrogens is 2. The Morgan fingerprint density at radius 2 is 2.00 bits per heavy atom. The summed E-state index contributed by atoms with van der Waals surface area (Å²) in [5, 5.41) is 6.98. The molecule has 3 rings (SSSR count). The zero-order chi connectivity index (χ0) is 19.1. The highest BCUT2D eigenvalue weighted by Gasteiger charge is 2.20. The molecular weight excluding hydrogens is 360 g/mol. The predicted molar refractivity (Wildman–Crippen MR) is 107 cm³/mol. The van der Waals surface area contributed by atoms with Gasteiger partial charge in [0.2, 0.25) is 11.7 Å². The summed E-state index contributed by atoms with van der Waals surface area (Å²) in [4.78, 5) is 33.5. The minimum atomic E-state index is -0.0501. The first-order chi connectivity index (χ1) is 13.1. The molecule has 0 radical (unpaired) electrons. The number of carbonyl (C=O) groups excluding carboxylic acids is 2. The molecule has 0 saturated heterocycles. The second-order valence-corrected chi connectivity index (χ2v) is 7.99. The molecule has 2 heterocycles. The van der Waals surface area contributed by atoms with Crippen molar-refractivity contribution >= 4 is 28.2 Å². The number of anilines is 1. The molecule has 0 unspecified atom stereocenters. The highest BCUT2D eigenvalue weighted by Crippen LogP contribution is 2.24. The first-order valence-corrected chi connectivity index (χ1v) is 10.4. The molecule has 1 aliphatic rings. The first-order valence-electron chi connectivity index (χ1n) is 9.58. The average Bonchev–Trinajstić information content (AvgIpc) is 3.17. The average molecular weight is 387 g/mol. The Morgan fingerprint density at radius 1 is 1.19 bits per heavy atom. The van der Waals surface area contributed by atoms with Crippen LogP contribution in [-0.4, -0.2) is 34.7 Å². The molecule has 2 N–H and O–H groups in total. The second kappa shape index (κ2) is 9.60. The quantitative estimate of drug-likeness (QED) is 0.535. The van der Waals surface area contributed by atoms with Crippen molar-refractivity contribution in [3.05, 3.63) is 40.7 Å². The van der Waals surface area contributed by atoms with Crippen LogP contribution in [-0.2, 0) is 4.79 Å². The third-order valence-corrected chi connectivity index (χ3v) is 5.87. The number of nitrogens with one attached hydrogen (secondary N) is 2. The minimum absolute atomic E-state index is 0.0501. The Hall–Kier alpha value is -2.28. The van der Waals surface area contributed by atoms with Gasteiger partial charge in [-0.2, -0.15) is 0 Å². The largest absolute Gasteiger partial charge is 0.361 e. The molecule has 0 aromatic carbocycles. The molecule has 0 aliphatic heterocycles. The van der Waals surface area contributed by atoms with Gasteiger partial charge in [0, 0.05) is 37.0 Å². The zero-order valence-electron chi connectivity index (χ0n) is 15.7. The van der Waals surface area contributed by atoms with Crippen molar-refractivity contribution in [2.24, 2.45) is 5.92 Å². The summed E-state index contributed by atoms with van der Waals surface area (Å²) in [7, 11) is 0. The van der Waals surface area contributed by atoms with Gasteiger partial charge in [-0.05, 0) is 37.8 Å². The molecule has 144 valence electrons. The molecule has 0 spiro atoms. The lowest BCUT2D eigenvalue weighted by Gasteiger charge is -2.20. The van der Waals surface area contributed by atoms with Crippen LogP contribution in [0.4, 0.5) is 5.13 Å². The number of amides is 1. The van der Waals surface area contributed by atoms with E-state index in [0.717, 1.165) is 30.0 Å². The smallest absolute Gasteiger partial charge is 0.223 e. The van der Waals surface area contributed by atoms with Crippen LogP contribution in [0, 0.1) is 12.8 Å². The van der Waals surface area contributed by atoms with Gasteiger partial charge in [-0.25, -0.2) is 4.98 Å². The molecule has 1 saturated carbocycles. The monoisotopic (exact) mass is 386 g/mol. The number of pyridine rings is 1. The number of ketones is 1. The molecule has 1 fully saturated rings. The molecule has 2 aromatic rings. The van der Waals surface area contributed by atoms with Crippen molar-refractivity contribution in [2.45, 2.75) is 45.4 Å². The molecule has 0 atom stereocenters. The summed E-state index contributed by atoms with van der Waals surface area (Å²) in [5.41, 5.74) is 1.52. The molecule has 1 aliphatic carbocycles. The number of rotatable bonds is 8. The third kappa shape index (κ3) is 5.35. The Bertz CT molecular complexity index is 784. The summed E-state index contributed by atoms with van der Waals surface area (Å²) in [6, 6.07) is 1.83.